The van der Waals surface area contributed by atoms with E-state index >= 15 is 0 Å². The van der Waals surface area contributed by atoms with Gasteiger partial charge >= 0.3 is 0 Å². The third-order valence-corrected chi connectivity index (χ3v) is 4.44. The summed E-state index contributed by atoms with van der Waals surface area (Å²) in [5.41, 5.74) is 0. The van der Waals surface area contributed by atoms with Gasteiger partial charge in [-0.3, -0.25) is 4.79 Å². The molecular weight excluding hydrogens is 252 g/mol. The van der Waals surface area contributed by atoms with Gasteiger partial charge in [0.05, 0.1) is 12.1 Å². The molecule has 2 heterocycles. The minimum absolute atomic E-state index is 0. The van der Waals surface area contributed by atoms with Crippen LogP contribution < -0.4 is 5.32 Å². The third kappa shape index (κ3) is 2.65. The van der Waals surface area contributed by atoms with Gasteiger partial charge in [0.2, 0.25) is 5.91 Å². The Labute approximate surface area is 115 Å². The van der Waals surface area contributed by atoms with E-state index in [-0.39, 0.29) is 18.3 Å². The van der Waals surface area contributed by atoms with Crippen LogP contribution in [0.25, 0.3) is 0 Å². The van der Waals surface area contributed by atoms with Crippen molar-refractivity contribution >= 4 is 18.3 Å². The Morgan fingerprint density at radius 2 is 1.83 bits per heavy atom. The summed E-state index contributed by atoms with van der Waals surface area (Å²) in [6.45, 7) is 2.41. The van der Waals surface area contributed by atoms with Crippen molar-refractivity contribution in [2.75, 3.05) is 19.7 Å². The lowest BCUT2D eigenvalue weighted by atomic mass is 9.88. The molecule has 0 aromatic rings. The molecule has 0 spiro atoms. The second kappa shape index (κ2) is 6.22. The van der Waals surface area contributed by atoms with Crippen molar-refractivity contribution in [1.82, 2.24) is 10.2 Å². The van der Waals surface area contributed by atoms with Crippen LogP contribution in [0.4, 0.5) is 0 Å². The molecule has 3 fully saturated rings. The molecule has 0 unspecified atom stereocenters. The van der Waals surface area contributed by atoms with E-state index in [2.05, 4.69) is 10.2 Å². The zero-order chi connectivity index (χ0) is 11.7. The molecule has 4 nitrogen and oxygen atoms in total. The molecule has 0 bridgehead atoms. The van der Waals surface area contributed by atoms with E-state index < -0.39 is 0 Å². The number of piperidine rings is 1. The summed E-state index contributed by atoms with van der Waals surface area (Å²) in [5, 5.41) is 3.37. The van der Waals surface area contributed by atoms with Gasteiger partial charge in [-0.15, -0.1) is 12.4 Å². The Hall–Kier alpha value is -0.320. The Bertz CT molecular complexity index is 295. The molecule has 0 radical (unpaired) electrons. The van der Waals surface area contributed by atoms with Gasteiger partial charge in [-0.2, -0.15) is 0 Å². The summed E-state index contributed by atoms with van der Waals surface area (Å²) in [6.07, 6.45) is 7.31. The van der Waals surface area contributed by atoms with E-state index in [0.29, 0.717) is 24.8 Å². The van der Waals surface area contributed by atoms with Crippen molar-refractivity contribution in [1.29, 1.82) is 0 Å². The first-order valence-electron chi connectivity index (χ1n) is 7.00. The van der Waals surface area contributed by atoms with Crippen LogP contribution >= 0.6 is 12.4 Å². The molecule has 104 valence electrons. The third-order valence-electron chi connectivity index (χ3n) is 4.44. The number of rotatable bonds is 1. The number of amides is 1. The van der Waals surface area contributed by atoms with E-state index in [1.54, 1.807) is 0 Å². The van der Waals surface area contributed by atoms with Gasteiger partial charge in [0.15, 0.2) is 0 Å². The predicted octanol–water partition coefficient (Wildman–Crippen LogP) is 1.33. The lowest BCUT2D eigenvalue weighted by Crippen LogP contribution is -2.60. The number of hydrogen-bond acceptors (Lipinski definition) is 3. The standard InChI is InChI=1S/C13H22N2O2.ClH/c16-13-9-17-12-4-2-1-3-11(12)15(13)10-5-7-14-8-6-10;/h10-12,14H,1-9H2;1H/t11-,12-;/m0./s1. The second-order valence-electron chi connectivity index (χ2n) is 5.48. The Morgan fingerprint density at radius 3 is 2.61 bits per heavy atom. The van der Waals surface area contributed by atoms with Crippen LogP contribution in [0.1, 0.15) is 38.5 Å². The summed E-state index contributed by atoms with van der Waals surface area (Å²) in [4.78, 5) is 14.3. The maximum atomic E-state index is 12.1. The number of nitrogens with zero attached hydrogens (tertiary/aromatic N) is 1. The fourth-order valence-corrected chi connectivity index (χ4v) is 3.59. The molecule has 2 saturated heterocycles. The monoisotopic (exact) mass is 274 g/mol. The molecule has 1 aliphatic carbocycles. The summed E-state index contributed by atoms with van der Waals surface area (Å²) in [6, 6.07) is 0.825. The number of morpholine rings is 1. The first kappa shape index (κ1) is 14.1. The summed E-state index contributed by atoms with van der Waals surface area (Å²) >= 11 is 0. The first-order chi connectivity index (χ1) is 8.36. The van der Waals surface area contributed by atoms with Gasteiger partial charge in [0, 0.05) is 6.04 Å². The van der Waals surface area contributed by atoms with Crippen LogP contribution in [0.3, 0.4) is 0 Å². The summed E-state index contributed by atoms with van der Waals surface area (Å²) in [5.74, 6) is 0.222. The van der Waals surface area contributed by atoms with Gasteiger partial charge < -0.3 is 15.0 Å². The van der Waals surface area contributed by atoms with Crippen molar-refractivity contribution in [3.63, 3.8) is 0 Å². The molecular formula is C13H23ClN2O2. The van der Waals surface area contributed by atoms with Gasteiger partial charge in [-0.05, 0) is 38.8 Å². The van der Waals surface area contributed by atoms with Crippen LogP contribution in [-0.4, -0.2) is 48.7 Å². The van der Waals surface area contributed by atoms with Crippen LogP contribution in [0.2, 0.25) is 0 Å². The molecule has 1 amide bonds. The number of carbonyl (C=O) groups excluding carboxylic acids is 1. The molecule has 2 aliphatic heterocycles. The highest BCUT2D eigenvalue weighted by atomic mass is 35.5. The van der Waals surface area contributed by atoms with Gasteiger partial charge in [-0.1, -0.05) is 12.8 Å². The number of ether oxygens (including phenoxy) is 1. The fourth-order valence-electron chi connectivity index (χ4n) is 3.59. The van der Waals surface area contributed by atoms with Gasteiger partial charge in [0.1, 0.15) is 6.61 Å². The smallest absolute Gasteiger partial charge is 0.249 e. The molecule has 18 heavy (non-hydrogen) atoms. The maximum Gasteiger partial charge on any atom is 0.249 e. The van der Waals surface area contributed by atoms with Crippen molar-refractivity contribution in [3.05, 3.63) is 0 Å². The molecule has 3 aliphatic rings. The zero-order valence-electron chi connectivity index (χ0n) is 10.8. The minimum Gasteiger partial charge on any atom is -0.366 e. The van der Waals surface area contributed by atoms with Crippen molar-refractivity contribution in [2.45, 2.75) is 56.7 Å². The van der Waals surface area contributed by atoms with Crippen LogP contribution in [0, 0.1) is 0 Å². The number of fused-ring (bicyclic) bond motifs is 1. The molecule has 0 aromatic carbocycles. The van der Waals surface area contributed by atoms with E-state index in [1.165, 1.54) is 12.8 Å². The van der Waals surface area contributed by atoms with Crippen LogP contribution in [0.15, 0.2) is 0 Å². The summed E-state index contributed by atoms with van der Waals surface area (Å²) < 4.78 is 5.71. The average Bonchev–Trinajstić information content (AvgIpc) is 2.39. The Kier molecular flexibility index (Phi) is 4.87. The SMILES string of the molecule is Cl.O=C1CO[C@H]2CCCC[C@@H]2N1C1CCNCC1. The Morgan fingerprint density at radius 1 is 1.11 bits per heavy atom. The number of hydrogen-bond donors (Lipinski definition) is 1. The van der Waals surface area contributed by atoms with Gasteiger partial charge in [0.25, 0.3) is 0 Å². The highest BCUT2D eigenvalue weighted by Crippen LogP contribution is 2.31. The fraction of sp³-hybridized carbons (Fsp3) is 0.923. The topological polar surface area (TPSA) is 41.6 Å². The van der Waals surface area contributed by atoms with E-state index in [1.807, 2.05) is 0 Å². The first-order valence-corrected chi connectivity index (χ1v) is 7.00. The lowest BCUT2D eigenvalue weighted by molar-refractivity contribution is -0.166. The zero-order valence-corrected chi connectivity index (χ0v) is 11.6. The number of nitrogens with one attached hydrogen (secondary N) is 1. The highest BCUT2D eigenvalue weighted by molar-refractivity contribution is 5.85. The van der Waals surface area contributed by atoms with Crippen LogP contribution in [-0.2, 0) is 9.53 Å². The van der Waals surface area contributed by atoms with Crippen molar-refractivity contribution in [3.8, 4) is 0 Å². The van der Waals surface area contributed by atoms with E-state index in [0.717, 1.165) is 38.8 Å². The quantitative estimate of drug-likeness (QED) is 0.784. The molecule has 3 rings (SSSR count). The second-order valence-corrected chi connectivity index (χ2v) is 5.48. The maximum absolute atomic E-state index is 12.1. The highest BCUT2D eigenvalue weighted by Gasteiger charge is 2.41. The van der Waals surface area contributed by atoms with Crippen molar-refractivity contribution in [2.24, 2.45) is 0 Å². The largest absolute Gasteiger partial charge is 0.366 e. The van der Waals surface area contributed by atoms with Crippen molar-refractivity contribution < 1.29 is 9.53 Å². The molecule has 1 N–H and O–H groups in total. The van der Waals surface area contributed by atoms with Crippen LogP contribution in [0.5, 0.6) is 0 Å². The molecule has 0 aromatic heterocycles. The number of carbonyl (C=O) groups is 1. The molecule has 5 heteroatoms. The Balaban J connectivity index is 0.00000120. The lowest BCUT2D eigenvalue weighted by Gasteiger charge is -2.48. The number of halogens is 1. The van der Waals surface area contributed by atoms with E-state index in [9.17, 15) is 4.79 Å². The molecule has 2 atom stereocenters. The normalized spacial score (nSPS) is 33.8. The van der Waals surface area contributed by atoms with Gasteiger partial charge in [-0.25, -0.2) is 0 Å². The predicted molar refractivity (Wildman–Crippen MR) is 72.0 cm³/mol. The average molecular weight is 275 g/mol. The van der Waals surface area contributed by atoms with E-state index in [4.69, 9.17) is 4.74 Å². The summed E-state index contributed by atoms with van der Waals surface area (Å²) in [7, 11) is 0. The molecule has 1 saturated carbocycles. The minimum atomic E-state index is 0.